The number of carboxylic acids is 1. The lowest BCUT2D eigenvalue weighted by Gasteiger charge is -2.28. The van der Waals surface area contributed by atoms with Gasteiger partial charge in [-0.25, -0.2) is 9.78 Å². The first-order valence-corrected chi connectivity index (χ1v) is 7.95. The minimum atomic E-state index is -0.837. The molecule has 1 aromatic carbocycles. The molecule has 2 N–H and O–H groups in total. The average molecular weight is 313 g/mol. The number of aromatic nitrogens is 2. The molecule has 1 aliphatic rings. The lowest BCUT2D eigenvalue weighted by Crippen LogP contribution is -2.31. The van der Waals surface area contributed by atoms with Crippen LogP contribution in [0.2, 0.25) is 0 Å². The van der Waals surface area contributed by atoms with Crippen molar-refractivity contribution in [1.82, 2.24) is 14.9 Å². The minimum absolute atomic E-state index is 0.0656. The number of H-pyrrole nitrogens is 1. The van der Waals surface area contributed by atoms with Crippen molar-refractivity contribution in [2.24, 2.45) is 0 Å². The van der Waals surface area contributed by atoms with E-state index >= 15 is 0 Å². The first-order chi connectivity index (χ1) is 10.8. The highest BCUT2D eigenvalue weighted by atomic mass is 16.4. The Kier molecular flexibility index (Phi) is 3.98. The van der Waals surface area contributed by atoms with Gasteiger partial charge < -0.3 is 10.1 Å². The number of hydrogen-bond donors (Lipinski definition) is 2. The summed E-state index contributed by atoms with van der Waals surface area (Å²) in [6.07, 6.45) is 2.68. The van der Waals surface area contributed by atoms with Gasteiger partial charge in [0.2, 0.25) is 0 Å². The third-order valence-electron chi connectivity index (χ3n) is 4.39. The fraction of sp³-hybridized carbons (Fsp3) is 0.444. The van der Waals surface area contributed by atoms with Crippen LogP contribution in [0.15, 0.2) is 24.4 Å². The van der Waals surface area contributed by atoms with E-state index in [-0.39, 0.29) is 5.41 Å². The highest BCUT2D eigenvalue weighted by Crippen LogP contribution is 2.24. The van der Waals surface area contributed by atoms with E-state index in [0.717, 1.165) is 48.7 Å². The molecule has 0 fully saturated rings. The van der Waals surface area contributed by atoms with Crippen molar-refractivity contribution in [1.29, 1.82) is 0 Å². The maximum absolute atomic E-state index is 11.3. The van der Waals surface area contributed by atoms with Crippen molar-refractivity contribution >= 4 is 5.97 Å². The Hall–Kier alpha value is -2.14. The Morgan fingerprint density at radius 2 is 2.17 bits per heavy atom. The highest BCUT2D eigenvalue weighted by molar-refractivity contribution is 5.89. The Bertz CT molecular complexity index is 728. The quantitative estimate of drug-likeness (QED) is 0.914. The number of fused-ring (bicyclic) bond motifs is 1. The zero-order valence-corrected chi connectivity index (χ0v) is 13.9. The molecule has 0 radical (unpaired) electrons. The number of carboxylic acid groups (broad SMARTS) is 1. The van der Waals surface area contributed by atoms with Crippen LogP contribution in [0.25, 0.3) is 0 Å². The van der Waals surface area contributed by atoms with Gasteiger partial charge in [0, 0.05) is 30.4 Å². The third kappa shape index (κ3) is 3.29. The van der Waals surface area contributed by atoms with E-state index in [1.165, 1.54) is 0 Å². The number of carbonyl (C=O) groups is 1. The molecule has 122 valence electrons. The van der Waals surface area contributed by atoms with Crippen molar-refractivity contribution in [2.45, 2.75) is 45.7 Å². The van der Waals surface area contributed by atoms with Crippen LogP contribution in [0, 0.1) is 0 Å². The van der Waals surface area contributed by atoms with Crippen LogP contribution in [0.5, 0.6) is 0 Å². The number of benzene rings is 1. The summed E-state index contributed by atoms with van der Waals surface area (Å²) in [5.74, 6) is 0.129. The van der Waals surface area contributed by atoms with Crippen LogP contribution in [0.1, 0.15) is 53.8 Å². The van der Waals surface area contributed by atoms with E-state index in [9.17, 15) is 9.90 Å². The molecule has 5 nitrogen and oxygen atoms in total. The second-order valence-electron chi connectivity index (χ2n) is 7.20. The van der Waals surface area contributed by atoms with Crippen LogP contribution >= 0.6 is 0 Å². The van der Waals surface area contributed by atoms with Gasteiger partial charge in [-0.05, 0) is 23.6 Å². The molecule has 3 rings (SSSR count). The highest BCUT2D eigenvalue weighted by Gasteiger charge is 2.22. The summed E-state index contributed by atoms with van der Waals surface area (Å²) >= 11 is 0. The Morgan fingerprint density at radius 3 is 2.83 bits per heavy atom. The van der Waals surface area contributed by atoms with Crippen molar-refractivity contribution in [2.75, 3.05) is 6.54 Å². The molecule has 0 spiro atoms. The standard InChI is InChI=1S/C18H23N3O2/c1-18(2,3)15-9-19-16(20-15)11-21-8-7-13-12(10-21)5-4-6-14(13)17(22)23/h4-6,9H,7-8,10-11H2,1-3H3,(H,19,20)(H,22,23). The smallest absolute Gasteiger partial charge is 0.335 e. The van der Waals surface area contributed by atoms with Crippen molar-refractivity contribution in [3.8, 4) is 0 Å². The summed E-state index contributed by atoms with van der Waals surface area (Å²) < 4.78 is 0. The van der Waals surface area contributed by atoms with Crippen LogP contribution in [0.4, 0.5) is 0 Å². The number of imidazole rings is 1. The summed E-state index contributed by atoms with van der Waals surface area (Å²) in [7, 11) is 0. The predicted molar refractivity (Wildman–Crippen MR) is 88.5 cm³/mol. The number of aromatic carboxylic acids is 1. The molecular formula is C18H23N3O2. The monoisotopic (exact) mass is 313 g/mol. The molecule has 0 atom stereocenters. The molecular weight excluding hydrogens is 290 g/mol. The summed E-state index contributed by atoms with van der Waals surface area (Å²) in [4.78, 5) is 21.5. The van der Waals surface area contributed by atoms with Crippen LogP contribution in [0.3, 0.4) is 0 Å². The van der Waals surface area contributed by atoms with Gasteiger partial charge in [0.1, 0.15) is 5.82 Å². The molecule has 1 aliphatic heterocycles. The summed E-state index contributed by atoms with van der Waals surface area (Å²) in [5.41, 5.74) is 3.73. The molecule has 0 saturated carbocycles. The van der Waals surface area contributed by atoms with Gasteiger partial charge in [0.25, 0.3) is 0 Å². The Morgan fingerprint density at radius 1 is 1.39 bits per heavy atom. The maximum atomic E-state index is 11.3. The molecule has 5 heteroatoms. The minimum Gasteiger partial charge on any atom is -0.478 e. The fourth-order valence-corrected chi connectivity index (χ4v) is 3.04. The molecule has 2 heterocycles. The molecule has 0 amide bonds. The fourth-order valence-electron chi connectivity index (χ4n) is 3.04. The maximum Gasteiger partial charge on any atom is 0.335 e. The molecule has 0 aliphatic carbocycles. The second kappa shape index (κ2) is 5.81. The topological polar surface area (TPSA) is 69.2 Å². The van der Waals surface area contributed by atoms with Gasteiger partial charge in [-0.1, -0.05) is 32.9 Å². The zero-order chi connectivity index (χ0) is 16.6. The summed E-state index contributed by atoms with van der Waals surface area (Å²) in [6.45, 7) is 8.86. The lowest BCUT2D eigenvalue weighted by molar-refractivity contribution is 0.0694. The predicted octanol–water partition coefficient (Wildman–Crippen LogP) is 2.96. The van der Waals surface area contributed by atoms with E-state index in [2.05, 4.69) is 35.6 Å². The molecule has 1 aromatic heterocycles. The van der Waals surface area contributed by atoms with Gasteiger partial charge in [-0.15, -0.1) is 0 Å². The Balaban J connectivity index is 1.74. The molecule has 23 heavy (non-hydrogen) atoms. The number of hydrogen-bond acceptors (Lipinski definition) is 3. The van der Waals surface area contributed by atoms with E-state index in [4.69, 9.17) is 0 Å². The summed E-state index contributed by atoms with van der Waals surface area (Å²) in [6, 6.07) is 5.55. The Labute approximate surface area is 136 Å². The number of nitrogens with zero attached hydrogens (tertiary/aromatic N) is 2. The first kappa shape index (κ1) is 15.7. The van der Waals surface area contributed by atoms with Crippen LogP contribution in [-0.2, 0) is 24.9 Å². The zero-order valence-electron chi connectivity index (χ0n) is 13.9. The van der Waals surface area contributed by atoms with Crippen molar-refractivity contribution in [3.05, 3.63) is 52.6 Å². The van der Waals surface area contributed by atoms with Crippen molar-refractivity contribution in [3.63, 3.8) is 0 Å². The average Bonchev–Trinajstić information content (AvgIpc) is 2.95. The van der Waals surface area contributed by atoms with E-state index in [1.54, 1.807) is 6.07 Å². The summed E-state index contributed by atoms with van der Waals surface area (Å²) in [5, 5.41) is 9.29. The van der Waals surface area contributed by atoms with Gasteiger partial charge in [-0.2, -0.15) is 0 Å². The second-order valence-corrected chi connectivity index (χ2v) is 7.20. The van der Waals surface area contributed by atoms with Crippen LogP contribution < -0.4 is 0 Å². The number of aromatic amines is 1. The molecule has 0 bridgehead atoms. The lowest BCUT2D eigenvalue weighted by atomic mass is 9.93. The van der Waals surface area contributed by atoms with E-state index in [1.807, 2.05) is 18.3 Å². The van der Waals surface area contributed by atoms with Crippen LogP contribution in [-0.4, -0.2) is 32.5 Å². The van der Waals surface area contributed by atoms with Gasteiger partial charge in [0.15, 0.2) is 0 Å². The molecule has 0 unspecified atom stereocenters. The first-order valence-electron chi connectivity index (χ1n) is 7.95. The normalized spacial score (nSPS) is 15.4. The largest absolute Gasteiger partial charge is 0.478 e. The third-order valence-corrected chi connectivity index (χ3v) is 4.39. The van der Waals surface area contributed by atoms with Gasteiger partial charge >= 0.3 is 5.97 Å². The van der Waals surface area contributed by atoms with E-state index in [0.29, 0.717) is 5.56 Å². The number of rotatable bonds is 3. The SMILES string of the molecule is CC(C)(C)c1cnc(CN2CCc3c(cccc3C(=O)O)C2)[nH]1. The van der Waals surface area contributed by atoms with Gasteiger partial charge in [-0.3, -0.25) is 4.90 Å². The van der Waals surface area contributed by atoms with Crippen molar-refractivity contribution < 1.29 is 9.90 Å². The molecule has 2 aromatic rings. The van der Waals surface area contributed by atoms with Gasteiger partial charge in [0.05, 0.1) is 12.1 Å². The molecule has 0 saturated heterocycles. The van der Waals surface area contributed by atoms with E-state index < -0.39 is 5.97 Å². The number of nitrogens with one attached hydrogen (secondary N) is 1.